The van der Waals surface area contributed by atoms with Crippen LogP contribution in [0.2, 0.25) is 0 Å². The van der Waals surface area contributed by atoms with E-state index in [0.29, 0.717) is 19.5 Å². The van der Waals surface area contributed by atoms with Crippen LogP contribution in [0.15, 0.2) is 24.3 Å². The molecule has 1 N–H and O–H groups in total. The van der Waals surface area contributed by atoms with E-state index >= 15 is 0 Å². The number of carbonyl (C=O) groups excluding carboxylic acids is 1. The third kappa shape index (κ3) is 3.30. The minimum Gasteiger partial charge on any atom is -0.469 e. The van der Waals surface area contributed by atoms with Crippen molar-refractivity contribution in [1.82, 2.24) is 5.32 Å². The maximum Gasteiger partial charge on any atom is 0.416 e. The van der Waals surface area contributed by atoms with E-state index in [4.69, 9.17) is 4.74 Å². The number of esters is 1. The standard InChI is InChI=1S/C14H16F3NO2/c1-20-13(19)11-6-10(7-18-8-11)9-2-4-12(5-3-9)14(15,16)17/h2-5,10-11,18H,6-8H2,1H3/t10-,11+/m1/s1. The van der Waals surface area contributed by atoms with Crippen LogP contribution in [0.4, 0.5) is 13.2 Å². The summed E-state index contributed by atoms with van der Waals surface area (Å²) in [5.74, 6) is -0.509. The summed E-state index contributed by atoms with van der Waals surface area (Å²) in [5, 5.41) is 3.12. The molecule has 0 radical (unpaired) electrons. The van der Waals surface area contributed by atoms with Gasteiger partial charge in [-0.25, -0.2) is 0 Å². The summed E-state index contributed by atoms with van der Waals surface area (Å²) in [7, 11) is 1.34. The molecule has 0 amide bonds. The van der Waals surface area contributed by atoms with Gasteiger partial charge in [0.2, 0.25) is 0 Å². The van der Waals surface area contributed by atoms with Gasteiger partial charge in [0.15, 0.2) is 0 Å². The van der Waals surface area contributed by atoms with Crippen molar-refractivity contribution in [2.45, 2.75) is 18.5 Å². The van der Waals surface area contributed by atoms with E-state index in [0.717, 1.165) is 17.7 Å². The maximum absolute atomic E-state index is 12.5. The van der Waals surface area contributed by atoms with Gasteiger partial charge in [-0.05, 0) is 30.0 Å². The number of nitrogens with one attached hydrogen (secondary N) is 1. The molecule has 2 rings (SSSR count). The normalized spacial score (nSPS) is 23.4. The summed E-state index contributed by atoms with van der Waals surface area (Å²) in [6.45, 7) is 1.20. The number of rotatable bonds is 2. The fourth-order valence-corrected chi connectivity index (χ4v) is 2.49. The molecule has 0 saturated carbocycles. The van der Waals surface area contributed by atoms with Crippen LogP contribution in [-0.4, -0.2) is 26.2 Å². The molecule has 110 valence electrons. The first-order valence-electron chi connectivity index (χ1n) is 6.37. The predicted octanol–water partition coefficient (Wildman–Crippen LogP) is 2.57. The highest BCUT2D eigenvalue weighted by atomic mass is 19.4. The minimum atomic E-state index is -4.32. The van der Waals surface area contributed by atoms with Gasteiger partial charge in [-0.3, -0.25) is 4.79 Å². The van der Waals surface area contributed by atoms with E-state index in [9.17, 15) is 18.0 Å². The Labute approximate surface area is 115 Å². The lowest BCUT2D eigenvalue weighted by atomic mass is 9.85. The molecule has 1 fully saturated rings. The monoisotopic (exact) mass is 287 g/mol. The van der Waals surface area contributed by atoms with E-state index in [1.54, 1.807) is 0 Å². The second kappa shape index (κ2) is 5.83. The number of ether oxygens (including phenoxy) is 1. The quantitative estimate of drug-likeness (QED) is 0.850. The van der Waals surface area contributed by atoms with Gasteiger partial charge in [-0.15, -0.1) is 0 Å². The topological polar surface area (TPSA) is 38.3 Å². The van der Waals surface area contributed by atoms with Crippen molar-refractivity contribution < 1.29 is 22.7 Å². The van der Waals surface area contributed by atoms with Crippen LogP contribution >= 0.6 is 0 Å². The van der Waals surface area contributed by atoms with Gasteiger partial charge < -0.3 is 10.1 Å². The molecule has 0 aliphatic carbocycles. The van der Waals surface area contributed by atoms with E-state index < -0.39 is 11.7 Å². The van der Waals surface area contributed by atoms with E-state index in [1.165, 1.54) is 19.2 Å². The molecule has 1 heterocycles. The van der Waals surface area contributed by atoms with Gasteiger partial charge in [0, 0.05) is 13.1 Å². The van der Waals surface area contributed by atoms with Crippen LogP contribution in [-0.2, 0) is 15.7 Å². The molecule has 1 aromatic carbocycles. The Hall–Kier alpha value is -1.56. The zero-order chi connectivity index (χ0) is 14.8. The Balaban J connectivity index is 2.09. The van der Waals surface area contributed by atoms with Gasteiger partial charge in [-0.2, -0.15) is 13.2 Å². The van der Waals surface area contributed by atoms with Crippen molar-refractivity contribution in [3.8, 4) is 0 Å². The average Bonchev–Trinajstić information content (AvgIpc) is 2.46. The molecular weight excluding hydrogens is 271 g/mol. The fraction of sp³-hybridized carbons (Fsp3) is 0.500. The summed E-state index contributed by atoms with van der Waals surface area (Å²) in [5.41, 5.74) is 0.147. The van der Waals surface area contributed by atoms with Gasteiger partial charge in [0.05, 0.1) is 18.6 Å². The molecular formula is C14H16F3NO2. The molecule has 1 saturated heterocycles. The Kier molecular flexibility index (Phi) is 4.32. The minimum absolute atomic E-state index is 0.0233. The molecule has 0 unspecified atom stereocenters. The zero-order valence-electron chi connectivity index (χ0n) is 11.0. The Bertz CT molecular complexity index is 470. The summed E-state index contributed by atoms with van der Waals surface area (Å²) in [6.07, 6.45) is -3.73. The number of hydrogen-bond acceptors (Lipinski definition) is 3. The lowest BCUT2D eigenvalue weighted by Gasteiger charge is -2.28. The molecule has 1 aliphatic rings. The number of carbonyl (C=O) groups is 1. The van der Waals surface area contributed by atoms with Gasteiger partial charge in [-0.1, -0.05) is 12.1 Å². The molecule has 2 atom stereocenters. The molecule has 20 heavy (non-hydrogen) atoms. The number of halogens is 3. The first kappa shape index (κ1) is 14.8. The number of benzene rings is 1. The Morgan fingerprint density at radius 3 is 2.45 bits per heavy atom. The largest absolute Gasteiger partial charge is 0.469 e. The average molecular weight is 287 g/mol. The SMILES string of the molecule is COC(=O)[C@@H]1CNC[C@H](c2ccc(C(F)(F)F)cc2)C1. The number of methoxy groups -OCH3 is 1. The van der Waals surface area contributed by atoms with Crippen LogP contribution in [0, 0.1) is 5.92 Å². The molecule has 1 aliphatic heterocycles. The first-order valence-corrected chi connectivity index (χ1v) is 6.37. The van der Waals surface area contributed by atoms with Crippen molar-refractivity contribution in [3.05, 3.63) is 35.4 Å². The predicted molar refractivity (Wildman–Crippen MR) is 67.2 cm³/mol. The highest BCUT2D eigenvalue weighted by Crippen LogP contribution is 2.32. The van der Waals surface area contributed by atoms with Crippen LogP contribution in [0.3, 0.4) is 0 Å². The van der Waals surface area contributed by atoms with E-state index in [1.807, 2.05) is 0 Å². The van der Waals surface area contributed by atoms with Crippen LogP contribution in [0.1, 0.15) is 23.5 Å². The number of alkyl halides is 3. The van der Waals surface area contributed by atoms with Crippen molar-refractivity contribution in [1.29, 1.82) is 0 Å². The second-order valence-corrected chi connectivity index (χ2v) is 4.93. The summed E-state index contributed by atoms with van der Waals surface area (Å²) in [4.78, 5) is 11.5. The fourth-order valence-electron chi connectivity index (χ4n) is 2.49. The van der Waals surface area contributed by atoms with Crippen molar-refractivity contribution in [3.63, 3.8) is 0 Å². The highest BCUT2D eigenvalue weighted by molar-refractivity contribution is 5.72. The number of piperidine rings is 1. The number of hydrogen-bond donors (Lipinski definition) is 1. The van der Waals surface area contributed by atoms with Crippen LogP contribution in [0.25, 0.3) is 0 Å². The van der Waals surface area contributed by atoms with Gasteiger partial charge in [0.1, 0.15) is 0 Å². The van der Waals surface area contributed by atoms with Crippen molar-refractivity contribution in [2.75, 3.05) is 20.2 Å². The van der Waals surface area contributed by atoms with Crippen LogP contribution in [0.5, 0.6) is 0 Å². The smallest absolute Gasteiger partial charge is 0.416 e. The molecule has 0 spiro atoms. The summed E-state index contributed by atoms with van der Waals surface area (Å²) in [6, 6.07) is 5.12. The van der Waals surface area contributed by atoms with Crippen molar-refractivity contribution >= 4 is 5.97 Å². The molecule has 0 aromatic heterocycles. The third-order valence-electron chi connectivity index (χ3n) is 3.59. The molecule has 1 aromatic rings. The lowest BCUT2D eigenvalue weighted by Crippen LogP contribution is -2.39. The Morgan fingerprint density at radius 2 is 1.90 bits per heavy atom. The van der Waals surface area contributed by atoms with E-state index in [-0.39, 0.29) is 17.8 Å². The molecule has 3 nitrogen and oxygen atoms in total. The molecule has 6 heteroatoms. The summed E-state index contributed by atoms with van der Waals surface area (Å²) < 4.78 is 42.2. The van der Waals surface area contributed by atoms with Gasteiger partial charge in [0.25, 0.3) is 0 Å². The molecule has 0 bridgehead atoms. The maximum atomic E-state index is 12.5. The van der Waals surface area contributed by atoms with Crippen molar-refractivity contribution in [2.24, 2.45) is 5.92 Å². The third-order valence-corrected chi connectivity index (χ3v) is 3.59. The zero-order valence-corrected chi connectivity index (χ0v) is 11.0. The first-order chi connectivity index (χ1) is 9.41. The Morgan fingerprint density at radius 1 is 1.25 bits per heavy atom. The lowest BCUT2D eigenvalue weighted by molar-refractivity contribution is -0.146. The highest BCUT2D eigenvalue weighted by Gasteiger charge is 2.31. The second-order valence-electron chi connectivity index (χ2n) is 4.93. The summed E-state index contributed by atoms with van der Waals surface area (Å²) >= 11 is 0. The van der Waals surface area contributed by atoms with E-state index in [2.05, 4.69) is 5.32 Å². The van der Waals surface area contributed by atoms with Crippen LogP contribution < -0.4 is 5.32 Å². The van der Waals surface area contributed by atoms with Gasteiger partial charge >= 0.3 is 12.1 Å².